The van der Waals surface area contributed by atoms with Crippen LogP contribution in [0, 0.1) is 0 Å². The minimum Gasteiger partial charge on any atom is -0.445 e. The average Bonchev–Trinajstić information content (AvgIpc) is 3.61. The number of ether oxygens (including phenoxy) is 2. The lowest BCUT2D eigenvalue weighted by molar-refractivity contribution is 0.0149. The zero-order valence-electron chi connectivity index (χ0n) is 28.9. The Morgan fingerprint density at radius 1 is 0.911 bits per heavy atom. The molecule has 1 aromatic rings. The van der Waals surface area contributed by atoms with E-state index in [0.717, 1.165) is 57.6 Å². The number of benzene rings is 1. The van der Waals surface area contributed by atoms with Crippen LogP contribution in [0.1, 0.15) is 136 Å². The molecular formula is C37H64N2O6. The molecule has 5 aliphatic rings. The van der Waals surface area contributed by atoms with E-state index in [1.54, 1.807) is 5.57 Å². The SMILES string of the molecule is CCC12CCCC1O2.CCC1=CCCC1.CC[C@@]1(O)CCC[C@H]1N.CC[C@@]1(O)CCC[C@H]1NC(=O)OCc1ccccc1.CO. The summed E-state index contributed by atoms with van der Waals surface area (Å²) in [5.41, 5.74) is 7.40. The number of aliphatic hydroxyl groups excluding tert-OH is 1. The topological polar surface area (TPSA) is 138 Å². The van der Waals surface area contributed by atoms with Crippen molar-refractivity contribution in [3.05, 3.63) is 47.5 Å². The molecule has 6 rings (SSSR count). The molecule has 0 spiro atoms. The number of rotatable bonds is 7. The molecule has 0 bridgehead atoms. The largest absolute Gasteiger partial charge is 0.445 e. The predicted octanol–water partition coefficient (Wildman–Crippen LogP) is 7.08. The number of nitrogens with one attached hydrogen (secondary N) is 1. The molecular weight excluding hydrogens is 568 g/mol. The first-order chi connectivity index (χ1) is 21.6. The summed E-state index contributed by atoms with van der Waals surface area (Å²) in [6.07, 6.45) is 20.2. The summed E-state index contributed by atoms with van der Waals surface area (Å²) >= 11 is 0. The zero-order valence-corrected chi connectivity index (χ0v) is 28.9. The van der Waals surface area contributed by atoms with Crippen LogP contribution in [0.3, 0.4) is 0 Å². The highest BCUT2D eigenvalue weighted by atomic mass is 16.6. The quantitative estimate of drug-likeness (QED) is 0.160. The number of carbonyl (C=O) groups is 1. The minimum absolute atomic E-state index is 0.0301. The molecule has 1 aromatic carbocycles. The second kappa shape index (κ2) is 19.6. The maximum atomic E-state index is 11.7. The van der Waals surface area contributed by atoms with Crippen molar-refractivity contribution in [1.29, 1.82) is 0 Å². The van der Waals surface area contributed by atoms with Gasteiger partial charge in [0.05, 0.1) is 28.9 Å². The van der Waals surface area contributed by atoms with Gasteiger partial charge in [0.25, 0.3) is 0 Å². The fourth-order valence-electron chi connectivity index (χ4n) is 7.04. The van der Waals surface area contributed by atoms with Gasteiger partial charge in [-0.3, -0.25) is 0 Å². The molecule has 3 saturated carbocycles. The Hall–Kier alpha value is -1.97. The van der Waals surface area contributed by atoms with Gasteiger partial charge >= 0.3 is 6.09 Å². The number of aliphatic hydroxyl groups is 3. The lowest BCUT2D eigenvalue weighted by Gasteiger charge is -2.29. The van der Waals surface area contributed by atoms with Crippen molar-refractivity contribution in [3.8, 4) is 0 Å². The van der Waals surface area contributed by atoms with Gasteiger partial charge in [-0.15, -0.1) is 0 Å². The van der Waals surface area contributed by atoms with Crippen molar-refractivity contribution in [2.24, 2.45) is 5.73 Å². The third-order valence-electron chi connectivity index (χ3n) is 10.5. The third-order valence-corrected chi connectivity index (χ3v) is 10.5. The number of hydrogen-bond donors (Lipinski definition) is 5. The van der Waals surface area contributed by atoms with E-state index in [-0.39, 0.29) is 18.7 Å². The fourth-order valence-corrected chi connectivity index (χ4v) is 7.04. The molecule has 0 radical (unpaired) electrons. The van der Waals surface area contributed by atoms with Gasteiger partial charge in [0.15, 0.2) is 0 Å². The van der Waals surface area contributed by atoms with E-state index in [0.29, 0.717) is 18.1 Å². The summed E-state index contributed by atoms with van der Waals surface area (Å²) in [4.78, 5) is 11.7. The molecule has 6 atom stereocenters. The van der Waals surface area contributed by atoms with Crippen molar-refractivity contribution >= 4 is 6.09 Å². The molecule has 4 fully saturated rings. The molecule has 8 nitrogen and oxygen atoms in total. The summed E-state index contributed by atoms with van der Waals surface area (Å²) in [6, 6.07) is 9.38. The number of amides is 1. The molecule has 2 unspecified atom stereocenters. The Kier molecular flexibility index (Phi) is 17.1. The summed E-state index contributed by atoms with van der Waals surface area (Å²) in [5.74, 6) is 0. The first-order valence-corrected chi connectivity index (χ1v) is 17.6. The first kappa shape index (κ1) is 39.2. The maximum Gasteiger partial charge on any atom is 0.407 e. The van der Waals surface area contributed by atoms with Crippen LogP contribution >= 0.6 is 0 Å². The lowest BCUT2D eigenvalue weighted by Crippen LogP contribution is -2.48. The Balaban J connectivity index is 0.000000225. The highest BCUT2D eigenvalue weighted by molar-refractivity contribution is 5.67. The molecule has 0 aromatic heterocycles. The van der Waals surface area contributed by atoms with E-state index in [2.05, 4.69) is 25.2 Å². The van der Waals surface area contributed by atoms with Crippen LogP contribution in [0.2, 0.25) is 0 Å². The van der Waals surface area contributed by atoms with Crippen LogP contribution in [0.25, 0.3) is 0 Å². The number of alkyl carbamates (subject to hydrolysis) is 1. The molecule has 8 heteroatoms. The van der Waals surface area contributed by atoms with Gasteiger partial charge in [-0.05, 0) is 108 Å². The number of epoxide rings is 1. The number of carbonyl (C=O) groups excluding carboxylic acids is 1. The number of fused-ring (bicyclic) bond motifs is 1. The number of nitrogens with two attached hydrogens (primary N) is 1. The Morgan fingerprint density at radius 3 is 1.98 bits per heavy atom. The van der Waals surface area contributed by atoms with Gasteiger partial charge < -0.3 is 35.8 Å². The van der Waals surface area contributed by atoms with Crippen molar-refractivity contribution in [2.45, 2.75) is 172 Å². The number of allylic oxidation sites excluding steroid dienone is 2. The summed E-state index contributed by atoms with van der Waals surface area (Å²) < 4.78 is 10.7. The van der Waals surface area contributed by atoms with Crippen LogP contribution in [0.15, 0.2) is 42.0 Å². The molecule has 1 aliphatic heterocycles. The van der Waals surface area contributed by atoms with Crippen LogP contribution in [0.4, 0.5) is 4.79 Å². The third kappa shape index (κ3) is 12.0. The van der Waals surface area contributed by atoms with Crippen molar-refractivity contribution in [1.82, 2.24) is 5.32 Å². The van der Waals surface area contributed by atoms with Crippen LogP contribution in [-0.2, 0) is 16.1 Å². The normalized spacial score (nSPS) is 32.1. The second-order valence-electron chi connectivity index (χ2n) is 13.1. The van der Waals surface area contributed by atoms with E-state index in [4.69, 9.17) is 20.3 Å². The van der Waals surface area contributed by atoms with Gasteiger partial charge in [0.1, 0.15) is 6.61 Å². The van der Waals surface area contributed by atoms with Gasteiger partial charge in [-0.2, -0.15) is 0 Å². The molecule has 45 heavy (non-hydrogen) atoms. The maximum absolute atomic E-state index is 11.7. The van der Waals surface area contributed by atoms with Crippen LogP contribution in [-0.4, -0.2) is 63.5 Å². The summed E-state index contributed by atoms with van der Waals surface area (Å²) in [7, 11) is 1.00. The average molecular weight is 633 g/mol. The van der Waals surface area contributed by atoms with Crippen molar-refractivity contribution in [2.75, 3.05) is 7.11 Å². The smallest absolute Gasteiger partial charge is 0.407 e. The van der Waals surface area contributed by atoms with E-state index < -0.39 is 17.3 Å². The monoisotopic (exact) mass is 632 g/mol. The molecule has 6 N–H and O–H groups in total. The van der Waals surface area contributed by atoms with Crippen molar-refractivity contribution in [3.63, 3.8) is 0 Å². The highest BCUT2D eigenvalue weighted by Gasteiger charge is 2.57. The molecule has 1 heterocycles. The van der Waals surface area contributed by atoms with E-state index in [9.17, 15) is 15.0 Å². The summed E-state index contributed by atoms with van der Waals surface area (Å²) in [6.45, 7) is 8.65. The minimum atomic E-state index is -0.772. The zero-order chi connectivity index (χ0) is 33.3. The van der Waals surface area contributed by atoms with E-state index >= 15 is 0 Å². The molecule has 1 amide bonds. The van der Waals surface area contributed by atoms with Gasteiger partial charge in [-0.1, -0.05) is 69.7 Å². The molecule has 1 saturated heterocycles. The standard InChI is InChI=1S/C15H21NO3.C7H15NO.C7H12O.C7H12.CH4O/c1-2-15(18)10-6-9-13(15)16-14(17)19-11-12-7-4-3-5-8-12;1-2-7(9)5-3-4-6(7)8;1-2-7-5-3-4-6(7)8-7;1-2-7-5-3-4-6-7;1-2/h3-5,7-8,13,18H,2,6,9-11H2,1H3,(H,16,17);6,9H,2-5,8H2,1H3;6H,2-5H2,1H3;5H,2-4,6H2,1H3;2H,1H3/t13-,15-;6-,7-;;;/m11.../s1. The Morgan fingerprint density at radius 2 is 1.56 bits per heavy atom. The van der Waals surface area contributed by atoms with Gasteiger partial charge in [0.2, 0.25) is 0 Å². The summed E-state index contributed by atoms with van der Waals surface area (Å²) in [5, 5.41) is 29.7. The van der Waals surface area contributed by atoms with Crippen LogP contribution in [0.5, 0.6) is 0 Å². The van der Waals surface area contributed by atoms with Gasteiger partial charge in [-0.25, -0.2) is 4.79 Å². The second-order valence-corrected chi connectivity index (χ2v) is 13.1. The Bertz CT molecular complexity index is 1000. The van der Waals surface area contributed by atoms with E-state index in [1.807, 2.05) is 44.2 Å². The first-order valence-electron chi connectivity index (χ1n) is 17.6. The number of hydrogen-bond acceptors (Lipinski definition) is 7. The van der Waals surface area contributed by atoms with Gasteiger partial charge in [0, 0.05) is 13.2 Å². The lowest BCUT2D eigenvalue weighted by atomic mass is 9.95. The van der Waals surface area contributed by atoms with Crippen LogP contribution < -0.4 is 11.1 Å². The van der Waals surface area contributed by atoms with Crippen molar-refractivity contribution < 1.29 is 29.6 Å². The van der Waals surface area contributed by atoms with E-state index in [1.165, 1.54) is 51.4 Å². The Labute approximate surface area is 273 Å². The fraction of sp³-hybridized carbons (Fsp3) is 0.757. The predicted molar refractivity (Wildman–Crippen MR) is 182 cm³/mol. The highest BCUT2D eigenvalue weighted by Crippen LogP contribution is 2.51. The molecule has 4 aliphatic carbocycles. The molecule has 258 valence electrons.